The topological polar surface area (TPSA) is 64.7 Å². The molecule has 0 aliphatic carbocycles. The smallest absolute Gasteiger partial charge is 0.227 e. The molecular weight excluding hydrogens is 402 g/mol. The molecule has 5 nitrogen and oxygen atoms in total. The van der Waals surface area contributed by atoms with Gasteiger partial charge in [0.05, 0.1) is 14.2 Å². The summed E-state index contributed by atoms with van der Waals surface area (Å²) in [5.41, 5.74) is 3.44. The van der Waals surface area contributed by atoms with Crippen LogP contribution >= 0.6 is 0 Å². The second-order valence-corrected chi connectivity index (χ2v) is 7.40. The van der Waals surface area contributed by atoms with E-state index in [-0.39, 0.29) is 5.75 Å². The average molecular weight is 423 g/mol. The summed E-state index contributed by atoms with van der Waals surface area (Å²) in [7, 11) is 3.29. The van der Waals surface area contributed by atoms with Crippen LogP contribution in [0, 0.1) is 0 Å². The Hall–Kier alpha value is -4.25. The van der Waals surface area contributed by atoms with E-state index in [1.165, 1.54) is 0 Å². The zero-order valence-electron chi connectivity index (χ0n) is 17.7. The summed E-state index contributed by atoms with van der Waals surface area (Å²) in [6, 6.07) is 26.7. The minimum atomic E-state index is 0.241. The summed E-state index contributed by atoms with van der Waals surface area (Å²) >= 11 is 0. The van der Waals surface area contributed by atoms with Crippen molar-refractivity contribution in [2.45, 2.75) is 0 Å². The van der Waals surface area contributed by atoms with Gasteiger partial charge in [0.2, 0.25) is 5.89 Å². The van der Waals surface area contributed by atoms with Gasteiger partial charge >= 0.3 is 0 Å². The minimum Gasteiger partial charge on any atom is -0.508 e. The molecule has 0 amide bonds. The lowest BCUT2D eigenvalue weighted by Crippen LogP contribution is -1.86. The largest absolute Gasteiger partial charge is 0.508 e. The number of phenolic OH excluding ortho intramolecular Hbond substituents is 1. The molecule has 0 aliphatic rings. The van der Waals surface area contributed by atoms with E-state index in [2.05, 4.69) is 0 Å². The number of benzene rings is 4. The predicted octanol–water partition coefficient (Wildman–Crippen LogP) is 6.55. The lowest BCUT2D eigenvalue weighted by molar-refractivity contribution is 0.414. The maximum atomic E-state index is 9.73. The molecule has 1 N–H and O–H groups in total. The quantitative estimate of drug-likeness (QED) is 0.347. The molecule has 5 heteroatoms. The number of aromatic hydroxyl groups is 1. The highest BCUT2D eigenvalue weighted by atomic mass is 16.5. The van der Waals surface area contributed by atoms with E-state index in [4.69, 9.17) is 18.9 Å². The third-order valence-electron chi connectivity index (χ3n) is 5.41. The van der Waals surface area contributed by atoms with Crippen LogP contribution in [0.2, 0.25) is 0 Å². The molecule has 1 heterocycles. The standard InChI is InChI=1S/C27H21NO4/c1-30-23-11-6-17(7-12-23)25-26(18-8-13-24(31-2)14-9-18)32-27(28-25)21-4-3-20-16-22(29)10-5-19(20)15-21/h3-16,29H,1-2H3. The number of methoxy groups -OCH3 is 2. The van der Waals surface area contributed by atoms with E-state index in [0.29, 0.717) is 11.7 Å². The number of rotatable bonds is 5. The van der Waals surface area contributed by atoms with Crippen LogP contribution < -0.4 is 9.47 Å². The number of phenols is 1. The van der Waals surface area contributed by atoms with Crippen molar-refractivity contribution in [2.24, 2.45) is 0 Å². The molecule has 0 fully saturated rings. The minimum absolute atomic E-state index is 0.241. The Labute approximate surface area is 185 Å². The Bertz CT molecular complexity index is 1320. The van der Waals surface area contributed by atoms with Crippen LogP contribution in [-0.4, -0.2) is 24.3 Å². The van der Waals surface area contributed by atoms with Crippen molar-refractivity contribution in [3.63, 3.8) is 0 Å². The first-order valence-electron chi connectivity index (χ1n) is 10.2. The summed E-state index contributed by atoms with van der Waals surface area (Å²) in [6.45, 7) is 0. The highest BCUT2D eigenvalue weighted by Gasteiger charge is 2.18. The molecule has 1 aromatic heterocycles. The Morgan fingerprint density at radius 3 is 1.88 bits per heavy atom. The first kappa shape index (κ1) is 19.7. The zero-order chi connectivity index (χ0) is 22.1. The molecule has 5 aromatic rings. The molecule has 4 aromatic carbocycles. The van der Waals surface area contributed by atoms with Crippen molar-refractivity contribution >= 4 is 10.8 Å². The summed E-state index contributed by atoms with van der Waals surface area (Å²) < 4.78 is 16.9. The predicted molar refractivity (Wildman–Crippen MR) is 125 cm³/mol. The zero-order valence-corrected chi connectivity index (χ0v) is 17.7. The van der Waals surface area contributed by atoms with Crippen molar-refractivity contribution in [1.82, 2.24) is 4.98 Å². The van der Waals surface area contributed by atoms with Crippen molar-refractivity contribution in [3.05, 3.63) is 84.9 Å². The average Bonchev–Trinajstić information content (AvgIpc) is 3.29. The van der Waals surface area contributed by atoms with Crippen molar-refractivity contribution in [1.29, 1.82) is 0 Å². The normalized spacial score (nSPS) is 10.9. The molecule has 0 radical (unpaired) electrons. The van der Waals surface area contributed by atoms with Crippen LogP contribution in [0.4, 0.5) is 0 Å². The van der Waals surface area contributed by atoms with E-state index in [1.54, 1.807) is 26.4 Å². The van der Waals surface area contributed by atoms with E-state index in [0.717, 1.165) is 44.7 Å². The van der Waals surface area contributed by atoms with Gasteiger partial charge in [-0.3, -0.25) is 0 Å². The van der Waals surface area contributed by atoms with Crippen molar-refractivity contribution in [3.8, 4) is 51.3 Å². The van der Waals surface area contributed by atoms with E-state index in [9.17, 15) is 5.11 Å². The summed E-state index contributed by atoms with van der Waals surface area (Å²) in [5, 5.41) is 11.7. The van der Waals surface area contributed by atoms with E-state index < -0.39 is 0 Å². The van der Waals surface area contributed by atoms with Gasteiger partial charge in [-0.05, 0) is 83.6 Å². The van der Waals surface area contributed by atoms with Gasteiger partial charge in [-0.1, -0.05) is 12.1 Å². The molecule has 0 aliphatic heterocycles. The molecule has 0 unspecified atom stereocenters. The Balaban J connectivity index is 1.65. The molecular formula is C27H21NO4. The number of fused-ring (bicyclic) bond motifs is 1. The molecule has 0 spiro atoms. The molecule has 0 saturated heterocycles. The monoisotopic (exact) mass is 423 g/mol. The van der Waals surface area contributed by atoms with Crippen molar-refractivity contribution < 1.29 is 19.0 Å². The third-order valence-corrected chi connectivity index (χ3v) is 5.41. The number of hydrogen-bond donors (Lipinski definition) is 1. The first-order valence-corrected chi connectivity index (χ1v) is 10.2. The Morgan fingerprint density at radius 2 is 1.22 bits per heavy atom. The lowest BCUT2D eigenvalue weighted by atomic mass is 10.1. The maximum absolute atomic E-state index is 9.73. The van der Waals surface area contributed by atoms with Crippen LogP contribution in [0.3, 0.4) is 0 Å². The molecule has 0 bridgehead atoms. The highest BCUT2D eigenvalue weighted by Crippen LogP contribution is 2.37. The van der Waals surface area contributed by atoms with Crippen LogP contribution in [0.1, 0.15) is 0 Å². The number of ether oxygens (including phenoxy) is 2. The van der Waals surface area contributed by atoms with Crippen LogP contribution in [0.15, 0.2) is 89.3 Å². The Morgan fingerprint density at radius 1 is 0.656 bits per heavy atom. The van der Waals surface area contributed by atoms with Gasteiger partial charge < -0.3 is 19.0 Å². The highest BCUT2D eigenvalue weighted by molar-refractivity contribution is 5.88. The van der Waals surface area contributed by atoms with Crippen LogP contribution in [-0.2, 0) is 0 Å². The number of aromatic nitrogens is 1. The van der Waals surface area contributed by atoms with E-state index in [1.807, 2.05) is 72.8 Å². The molecule has 0 saturated carbocycles. The second-order valence-electron chi connectivity index (χ2n) is 7.40. The fourth-order valence-corrected chi connectivity index (χ4v) is 3.69. The number of oxazole rings is 1. The van der Waals surface area contributed by atoms with Crippen LogP contribution in [0.25, 0.3) is 44.8 Å². The van der Waals surface area contributed by atoms with E-state index >= 15 is 0 Å². The fraction of sp³-hybridized carbons (Fsp3) is 0.0741. The lowest BCUT2D eigenvalue weighted by Gasteiger charge is -2.04. The van der Waals surface area contributed by atoms with Crippen molar-refractivity contribution in [2.75, 3.05) is 14.2 Å². The molecule has 5 rings (SSSR count). The third kappa shape index (κ3) is 3.65. The van der Waals surface area contributed by atoms with Gasteiger partial charge in [-0.2, -0.15) is 0 Å². The van der Waals surface area contributed by atoms with Gasteiger partial charge in [-0.15, -0.1) is 0 Å². The van der Waals surface area contributed by atoms with Gasteiger partial charge in [0.1, 0.15) is 22.9 Å². The van der Waals surface area contributed by atoms with Gasteiger partial charge in [0.15, 0.2) is 5.76 Å². The first-order chi connectivity index (χ1) is 15.6. The molecule has 158 valence electrons. The summed E-state index contributed by atoms with van der Waals surface area (Å²) in [6.07, 6.45) is 0. The molecule has 0 atom stereocenters. The summed E-state index contributed by atoms with van der Waals surface area (Å²) in [4.78, 5) is 4.86. The van der Waals surface area contributed by atoms with Gasteiger partial charge in [0, 0.05) is 16.7 Å². The maximum Gasteiger partial charge on any atom is 0.227 e. The number of nitrogens with zero attached hydrogens (tertiary/aromatic N) is 1. The van der Waals surface area contributed by atoms with Crippen LogP contribution in [0.5, 0.6) is 17.2 Å². The molecule has 32 heavy (non-hydrogen) atoms. The fourth-order valence-electron chi connectivity index (χ4n) is 3.69. The Kier molecular flexibility index (Phi) is 5.00. The second kappa shape index (κ2) is 8.12. The summed E-state index contributed by atoms with van der Waals surface area (Å²) in [5.74, 6) is 3.00. The van der Waals surface area contributed by atoms with Gasteiger partial charge in [0.25, 0.3) is 0 Å². The number of hydrogen-bond acceptors (Lipinski definition) is 5. The van der Waals surface area contributed by atoms with Gasteiger partial charge in [-0.25, -0.2) is 4.98 Å². The SMILES string of the molecule is COc1ccc(-c2nc(-c3ccc4cc(O)ccc4c3)oc2-c2ccc(OC)cc2)cc1.